The quantitative estimate of drug-likeness (QED) is 0.425. The molecule has 17 heavy (non-hydrogen) atoms. The first-order valence-corrected chi connectivity index (χ1v) is 6.26. The van der Waals surface area contributed by atoms with E-state index in [4.69, 9.17) is 10.8 Å². The Morgan fingerprint density at radius 1 is 1.12 bits per heavy atom. The highest BCUT2D eigenvalue weighted by Crippen LogP contribution is 1.99. The third-order valence-electron chi connectivity index (χ3n) is 2.40. The van der Waals surface area contributed by atoms with E-state index < -0.39 is 12.1 Å². The maximum absolute atomic E-state index is 9.39. The smallest absolute Gasteiger partial charge is 0.0897 e. The minimum atomic E-state index is -0.793. The van der Waals surface area contributed by atoms with Crippen LogP contribution in [0.3, 0.4) is 0 Å². The third kappa shape index (κ3) is 10.00. The minimum Gasteiger partial charge on any atom is -0.395 e. The fraction of sp³-hybridized carbons (Fsp3) is 0.571. The van der Waals surface area contributed by atoms with Gasteiger partial charge in [0.15, 0.2) is 0 Å². The molecule has 0 amide bonds. The predicted molar refractivity (Wildman–Crippen MR) is 72.6 cm³/mol. The fourth-order valence-electron chi connectivity index (χ4n) is 1.24. The van der Waals surface area contributed by atoms with Gasteiger partial charge in [0.25, 0.3) is 0 Å². The lowest BCUT2D eigenvalue weighted by Gasteiger charge is -2.11. The van der Waals surface area contributed by atoms with Gasteiger partial charge in [-0.2, -0.15) is 0 Å². The Morgan fingerprint density at radius 2 is 1.82 bits per heavy atom. The van der Waals surface area contributed by atoms with Gasteiger partial charge in [0.05, 0.1) is 18.8 Å². The average molecular weight is 239 g/mol. The molecule has 3 heteroatoms. The van der Waals surface area contributed by atoms with Gasteiger partial charge in [0.1, 0.15) is 0 Å². The summed E-state index contributed by atoms with van der Waals surface area (Å²) in [6.45, 7) is 1.98. The highest BCUT2D eigenvalue weighted by atomic mass is 16.3. The van der Waals surface area contributed by atoms with Crippen LogP contribution in [-0.2, 0) is 0 Å². The number of rotatable bonds is 9. The van der Waals surface area contributed by atoms with Crippen molar-refractivity contribution in [3.63, 3.8) is 0 Å². The van der Waals surface area contributed by atoms with E-state index in [-0.39, 0.29) is 6.61 Å². The molecule has 0 rings (SSSR count). The summed E-state index contributed by atoms with van der Waals surface area (Å²) in [6.07, 6.45) is 15.3. The first-order chi connectivity index (χ1) is 8.22. The van der Waals surface area contributed by atoms with E-state index in [9.17, 15) is 5.11 Å². The van der Waals surface area contributed by atoms with Crippen molar-refractivity contribution < 1.29 is 10.2 Å². The number of aliphatic hydroxyl groups is 2. The van der Waals surface area contributed by atoms with Gasteiger partial charge >= 0.3 is 0 Å². The second-order valence-electron chi connectivity index (χ2n) is 4.03. The molecule has 0 bridgehead atoms. The summed E-state index contributed by atoms with van der Waals surface area (Å²) in [7, 11) is 0. The molecule has 0 aliphatic carbocycles. The van der Waals surface area contributed by atoms with Crippen molar-refractivity contribution in [2.75, 3.05) is 6.61 Å². The average Bonchev–Trinajstić information content (AvgIpc) is 2.35. The Labute approximate surface area is 104 Å². The SMILES string of the molecule is CCCCCC=CC=CC=C[C@@H](O)[C@@H](N)CO. The molecule has 4 N–H and O–H groups in total. The van der Waals surface area contributed by atoms with Crippen molar-refractivity contribution in [3.8, 4) is 0 Å². The van der Waals surface area contributed by atoms with Crippen LogP contribution in [0.1, 0.15) is 32.6 Å². The van der Waals surface area contributed by atoms with Crippen LogP contribution < -0.4 is 5.73 Å². The molecule has 3 nitrogen and oxygen atoms in total. The maximum Gasteiger partial charge on any atom is 0.0897 e. The first-order valence-electron chi connectivity index (χ1n) is 6.26. The molecular formula is C14H25NO2. The fourth-order valence-corrected chi connectivity index (χ4v) is 1.24. The second kappa shape index (κ2) is 11.6. The zero-order valence-corrected chi connectivity index (χ0v) is 10.6. The van der Waals surface area contributed by atoms with Gasteiger partial charge in [-0.15, -0.1) is 0 Å². The van der Waals surface area contributed by atoms with E-state index in [2.05, 4.69) is 13.0 Å². The molecule has 0 saturated carbocycles. The number of hydrogen-bond acceptors (Lipinski definition) is 3. The van der Waals surface area contributed by atoms with Gasteiger partial charge in [-0.25, -0.2) is 0 Å². The Morgan fingerprint density at radius 3 is 2.47 bits per heavy atom. The van der Waals surface area contributed by atoms with E-state index in [1.54, 1.807) is 12.2 Å². The van der Waals surface area contributed by atoms with Gasteiger partial charge in [-0.1, -0.05) is 56.2 Å². The Kier molecular flexibility index (Phi) is 11.0. The minimum absolute atomic E-state index is 0.216. The number of allylic oxidation sites excluding steroid dienone is 5. The highest BCUT2D eigenvalue weighted by molar-refractivity contribution is 5.12. The largest absolute Gasteiger partial charge is 0.395 e. The van der Waals surface area contributed by atoms with Gasteiger partial charge in [-0.05, 0) is 12.8 Å². The Hall–Kier alpha value is -0.900. The van der Waals surface area contributed by atoms with Crippen molar-refractivity contribution in [2.24, 2.45) is 5.73 Å². The zero-order valence-electron chi connectivity index (χ0n) is 10.6. The van der Waals surface area contributed by atoms with Crippen molar-refractivity contribution in [3.05, 3.63) is 36.5 Å². The van der Waals surface area contributed by atoms with E-state index >= 15 is 0 Å². The van der Waals surface area contributed by atoms with Crippen LogP contribution >= 0.6 is 0 Å². The van der Waals surface area contributed by atoms with Crippen molar-refractivity contribution >= 4 is 0 Å². The number of nitrogens with two attached hydrogens (primary N) is 1. The topological polar surface area (TPSA) is 66.5 Å². The van der Waals surface area contributed by atoms with Gasteiger partial charge in [-0.3, -0.25) is 0 Å². The summed E-state index contributed by atoms with van der Waals surface area (Å²) >= 11 is 0. The molecule has 0 aromatic heterocycles. The summed E-state index contributed by atoms with van der Waals surface area (Å²) in [4.78, 5) is 0. The first kappa shape index (κ1) is 16.1. The van der Waals surface area contributed by atoms with E-state index in [1.807, 2.05) is 18.2 Å². The number of aliphatic hydroxyl groups excluding tert-OH is 2. The molecule has 0 saturated heterocycles. The van der Waals surface area contributed by atoms with Crippen LogP contribution in [-0.4, -0.2) is 29.0 Å². The summed E-state index contributed by atoms with van der Waals surface area (Å²) in [5.74, 6) is 0. The molecule has 0 aliphatic heterocycles. The molecule has 2 atom stereocenters. The van der Waals surface area contributed by atoms with E-state index in [0.717, 1.165) is 6.42 Å². The van der Waals surface area contributed by atoms with Crippen LogP contribution in [0, 0.1) is 0 Å². The van der Waals surface area contributed by atoms with Crippen LogP contribution in [0.5, 0.6) is 0 Å². The lowest BCUT2D eigenvalue weighted by atomic mass is 10.1. The van der Waals surface area contributed by atoms with Crippen LogP contribution in [0.15, 0.2) is 36.5 Å². The zero-order chi connectivity index (χ0) is 12.9. The lowest BCUT2D eigenvalue weighted by molar-refractivity contribution is 0.144. The summed E-state index contributed by atoms with van der Waals surface area (Å²) in [5, 5.41) is 18.1. The molecule has 0 aromatic rings. The maximum atomic E-state index is 9.39. The molecule has 0 heterocycles. The van der Waals surface area contributed by atoms with Crippen LogP contribution in [0.4, 0.5) is 0 Å². The van der Waals surface area contributed by atoms with E-state index in [1.165, 1.54) is 19.3 Å². The molecular weight excluding hydrogens is 214 g/mol. The van der Waals surface area contributed by atoms with Crippen molar-refractivity contribution in [1.82, 2.24) is 0 Å². The molecule has 0 aromatic carbocycles. The molecule has 0 radical (unpaired) electrons. The summed E-state index contributed by atoms with van der Waals surface area (Å²) in [5.41, 5.74) is 5.44. The predicted octanol–water partition coefficient (Wildman–Crippen LogP) is 1.92. The number of unbranched alkanes of at least 4 members (excludes halogenated alkanes) is 3. The summed E-state index contributed by atoms with van der Waals surface area (Å²) < 4.78 is 0. The van der Waals surface area contributed by atoms with E-state index in [0.29, 0.717) is 0 Å². The highest BCUT2D eigenvalue weighted by Gasteiger charge is 2.08. The van der Waals surface area contributed by atoms with Crippen molar-refractivity contribution in [1.29, 1.82) is 0 Å². The molecule has 0 aliphatic rings. The monoisotopic (exact) mass is 239 g/mol. The number of hydrogen-bond donors (Lipinski definition) is 3. The normalized spacial score (nSPS) is 16.2. The van der Waals surface area contributed by atoms with Crippen LogP contribution in [0.25, 0.3) is 0 Å². The molecule has 0 spiro atoms. The Balaban J connectivity index is 3.68. The third-order valence-corrected chi connectivity index (χ3v) is 2.40. The standard InChI is InChI=1S/C14H25NO2/c1-2-3-4-5-6-7-8-9-10-11-14(17)13(15)12-16/h6-11,13-14,16-17H,2-5,12,15H2,1H3/t13-,14+/m0/s1. The van der Waals surface area contributed by atoms with Gasteiger partial charge in [0, 0.05) is 0 Å². The lowest BCUT2D eigenvalue weighted by Crippen LogP contribution is -2.36. The molecule has 0 fully saturated rings. The van der Waals surface area contributed by atoms with Crippen LogP contribution in [0.2, 0.25) is 0 Å². The van der Waals surface area contributed by atoms with Gasteiger partial charge < -0.3 is 15.9 Å². The molecule has 98 valence electrons. The Bertz CT molecular complexity index is 247. The molecule has 0 unspecified atom stereocenters. The van der Waals surface area contributed by atoms with Gasteiger partial charge in [0.2, 0.25) is 0 Å². The van der Waals surface area contributed by atoms with Crippen molar-refractivity contribution in [2.45, 2.75) is 44.8 Å². The summed E-state index contributed by atoms with van der Waals surface area (Å²) in [6, 6.07) is -0.607. The second-order valence-corrected chi connectivity index (χ2v) is 4.03.